The number of aliphatic hydroxyl groups excluding tert-OH is 1. The Labute approximate surface area is 97.6 Å². The third-order valence-electron chi connectivity index (χ3n) is 4.67. The fourth-order valence-electron chi connectivity index (χ4n) is 3.39. The van der Waals surface area contributed by atoms with E-state index in [0.29, 0.717) is 17.8 Å². The molecule has 2 bridgehead atoms. The molecule has 16 heavy (non-hydrogen) atoms. The van der Waals surface area contributed by atoms with Crippen LogP contribution in [0, 0.1) is 23.7 Å². The molecule has 0 aromatic heterocycles. The van der Waals surface area contributed by atoms with Gasteiger partial charge in [0.05, 0.1) is 0 Å². The standard InChI is InChI=1S/C13H23NO2/c1-3-8(2)13(16)14-12-10-5-4-9(6-10)11(12)7-15/h8-12,15H,3-7H2,1-2H3,(H,14,16). The first-order valence-corrected chi connectivity index (χ1v) is 6.58. The van der Waals surface area contributed by atoms with Gasteiger partial charge in [-0.3, -0.25) is 4.79 Å². The first-order valence-electron chi connectivity index (χ1n) is 6.58. The SMILES string of the molecule is CCC(C)C(=O)NC1C2CCC(C2)C1CO. The van der Waals surface area contributed by atoms with Gasteiger partial charge in [-0.2, -0.15) is 0 Å². The van der Waals surface area contributed by atoms with E-state index in [1.54, 1.807) is 0 Å². The van der Waals surface area contributed by atoms with Crippen molar-refractivity contribution in [2.75, 3.05) is 6.61 Å². The average Bonchev–Trinajstić information content (AvgIpc) is 2.88. The fourth-order valence-corrected chi connectivity index (χ4v) is 3.39. The van der Waals surface area contributed by atoms with Crippen LogP contribution in [0.5, 0.6) is 0 Å². The highest BCUT2D eigenvalue weighted by atomic mass is 16.3. The lowest BCUT2D eigenvalue weighted by Gasteiger charge is -2.31. The van der Waals surface area contributed by atoms with Crippen molar-refractivity contribution in [2.24, 2.45) is 23.7 Å². The van der Waals surface area contributed by atoms with E-state index in [4.69, 9.17) is 0 Å². The second-order valence-corrected chi connectivity index (χ2v) is 5.52. The average molecular weight is 225 g/mol. The molecule has 5 unspecified atom stereocenters. The maximum Gasteiger partial charge on any atom is 0.223 e. The second-order valence-electron chi connectivity index (χ2n) is 5.52. The summed E-state index contributed by atoms with van der Waals surface area (Å²) >= 11 is 0. The number of amides is 1. The van der Waals surface area contributed by atoms with Gasteiger partial charge in [-0.15, -0.1) is 0 Å². The highest BCUT2D eigenvalue weighted by Crippen LogP contribution is 2.48. The van der Waals surface area contributed by atoms with Crippen LogP contribution in [-0.4, -0.2) is 23.7 Å². The van der Waals surface area contributed by atoms with Crippen LogP contribution in [0.4, 0.5) is 0 Å². The van der Waals surface area contributed by atoms with E-state index in [1.165, 1.54) is 19.3 Å². The predicted molar refractivity (Wildman–Crippen MR) is 62.8 cm³/mol. The molecule has 3 nitrogen and oxygen atoms in total. The molecule has 0 spiro atoms. The summed E-state index contributed by atoms with van der Waals surface area (Å²) in [4.78, 5) is 11.9. The molecule has 3 heteroatoms. The van der Waals surface area contributed by atoms with Crippen molar-refractivity contribution in [3.8, 4) is 0 Å². The molecule has 0 aromatic rings. The van der Waals surface area contributed by atoms with E-state index in [0.717, 1.165) is 6.42 Å². The molecule has 92 valence electrons. The Morgan fingerprint density at radius 2 is 2.12 bits per heavy atom. The van der Waals surface area contributed by atoms with Gasteiger partial charge in [0.2, 0.25) is 5.91 Å². The van der Waals surface area contributed by atoms with Crippen LogP contribution in [0.2, 0.25) is 0 Å². The molecule has 1 amide bonds. The molecule has 2 rings (SSSR count). The van der Waals surface area contributed by atoms with E-state index >= 15 is 0 Å². The van der Waals surface area contributed by atoms with Crippen molar-refractivity contribution in [1.82, 2.24) is 5.32 Å². The van der Waals surface area contributed by atoms with Crippen LogP contribution in [-0.2, 0) is 4.79 Å². The lowest BCUT2D eigenvalue weighted by atomic mass is 9.84. The summed E-state index contributed by atoms with van der Waals surface area (Å²) in [6.45, 7) is 4.23. The summed E-state index contributed by atoms with van der Waals surface area (Å²) in [5.41, 5.74) is 0. The zero-order chi connectivity index (χ0) is 11.7. The highest BCUT2D eigenvalue weighted by Gasteiger charge is 2.47. The summed E-state index contributed by atoms with van der Waals surface area (Å²) in [6.07, 6.45) is 4.56. The maximum absolute atomic E-state index is 11.9. The smallest absolute Gasteiger partial charge is 0.223 e. The minimum absolute atomic E-state index is 0.0958. The zero-order valence-corrected chi connectivity index (χ0v) is 10.3. The number of carbonyl (C=O) groups is 1. The van der Waals surface area contributed by atoms with Gasteiger partial charge in [-0.25, -0.2) is 0 Å². The van der Waals surface area contributed by atoms with E-state index in [9.17, 15) is 9.90 Å². The molecule has 0 radical (unpaired) electrons. The van der Waals surface area contributed by atoms with Crippen molar-refractivity contribution >= 4 is 5.91 Å². The lowest BCUT2D eigenvalue weighted by molar-refractivity contribution is -0.126. The molecule has 2 saturated carbocycles. The number of nitrogens with one attached hydrogen (secondary N) is 1. The molecule has 0 heterocycles. The van der Waals surface area contributed by atoms with Gasteiger partial charge in [-0.05, 0) is 37.5 Å². The molecule has 0 aromatic carbocycles. The minimum atomic E-state index is 0.0958. The Kier molecular flexibility index (Phi) is 3.53. The van der Waals surface area contributed by atoms with E-state index in [-0.39, 0.29) is 24.5 Å². The van der Waals surface area contributed by atoms with Crippen molar-refractivity contribution < 1.29 is 9.90 Å². The van der Waals surface area contributed by atoms with Crippen molar-refractivity contribution in [3.63, 3.8) is 0 Å². The molecule has 0 saturated heterocycles. The summed E-state index contributed by atoms with van der Waals surface area (Å²) in [6, 6.07) is 0.241. The first-order chi connectivity index (χ1) is 7.67. The van der Waals surface area contributed by atoms with Crippen molar-refractivity contribution in [1.29, 1.82) is 0 Å². The van der Waals surface area contributed by atoms with Gasteiger partial charge in [0, 0.05) is 24.5 Å². The normalized spacial score (nSPS) is 38.7. The molecule has 2 N–H and O–H groups in total. The molecular formula is C13H23NO2. The summed E-state index contributed by atoms with van der Waals surface area (Å²) in [5, 5.41) is 12.6. The number of fused-ring (bicyclic) bond motifs is 2. The third kappa shape index (κ3) is 1.97. The molecule has 2 fully saturated rings. The largest absolute Gasteiger partial charge is 0.396 e. The first kappa shape index (κ1) is 11.9. The minimum Gasteiger partial charge on any atom is -0.396 e. The quantitative estimate of drug-likeness (QED) is 0.762. The van der Waals surface area contributed by atoms with E-state index < -0.39 is 0 Å². The Balaban J connectivity index is 1.96. The Morgan fingerprint density at radius 3 is 2.75 bits per heavy atom. The molecule has 5 atom stereocenters. The van der Waals surface area contributed by atoms with Crippen LogP contribution in [0.15, 0.2) is 0 Å². The van der Waals surface area contributed by atoms with Crippen LogP contribution in [0.3, 0.4) is 0 Å². The Hall–Kier alpha value is -0.570. The Bertz CT molecular complexity index is 267. The summed E-state index contributed by atoms with van der Waals surface area (Å²) in [5.74, 6) is 1.84. The van der Waals surface area contributed by atoms with Crippen molar-refractivity contribution in [3.05, 3.63) is 0 Å². The maximum atomic E-state index is 11.9. The topological polar surface area (TPSA) is 49.3 Å². The van der Waals surface area contributed by atoms with E-state index in [2.05, 4.69) is 5.32 Å². The van der Waals surface area contributed by atoms with Crippen LogP contribution in [0.1, 0.15) is 39.5 Å². The van der Waals surface area contributed by atoms with E-state index in [1.807, 2.05) is 13.8 Å². The van der Waals surface area contributed by atoms with Gasteiger partial charge < -0.3 is 10.4 Å². The monoisotopic (exact) mass is 225 g/mol. The third-order valence-corrected chi connectivity index (χ3v) is 4.67. The number of hydrogen-bond acceptors (Lipinski definition) is 2. The fraction of sp³-hybridized carbons (Fsp3) is 0.923. The van der Waals surface area contributed by atoms with Gasteiger partial charge in [-0.1, -0.05) is 13.8 Å². The van der Waals surface area contributed by atoms with Crippen LogP contribution < -0.4 is 5.32 Å². The zero-order valence-electron chi connectivity index (χ0n) is 10.3. The van der Waals surface area contributed by atoms with Gasteiger partial charge in [0.1, 0.15) is 0 Å². The van der Waals surface area contributed by atoms with Crippen LogP contribution in [0.25, 0.3) is 0 Å². The molecule has 2 aliphatic carbocycles. The highest BCUT2D eigenvalue weighted by molar-refractivity contribution is 5.78. The molecule has 2 aliphatic rings. The lowest BCUT2D eigenvalue weighted by Crippen LogP contribution is -2.46. The summed E-state index contributed by atoms with van der Waals surface area (Å²) in [7, 11) is 0. The van der Waals surface area contributed by atoms with Crippen molar-refractivity contribution in [2.45, 2.75) is 45.6 Å². The van der Waals surface area contributed by atoms with Gasteiger partial charge >= 0.3 is 0 Å². The van der Waals surface area contributed by atoms with Gasteiger partial charge in [0.25, 0.3) is 0 Å². The summed E-state index contributed by atoms with van der Waals surface area (Å²) < 4.78 is 0. The van der Waals surface area contributed by atoms with Crippen LogP contribution >= 0.6 is 0 Å². The molecule has 0 aliphatic heterocycles. The number of aliphatic hydroxyl groups is 1. The second kappa shape index (κ2) is 4.74. The Morgan fingerprint density at radius 1 is 1.44 bits per heavy atom. The number of rotatable bonds is 4. The number of carbonyl (C=O) groups excluding carboxylic acids is 1. The predicted octanol–water partition coefficient (Wildman–Crippen LogP) is 1.56. The molecular weight excluding hydrogens is 202 g/mol. The number of hydrogen-bond donors (Lipinski definition) is 2. The van der Waals surface area contributed by atoms with Gasteiger partial charge in [0.15, 0.2) is 0 Å².